The van der Waals surface area contributed by atoms with Gasteiger partial charge >= 0.3 is 0 Å². The lowest BCUT2D eigenvalue weighted by atomic mass is 10.1. The molecule has 1 aromatic heterocycles. The minimum atomic E-state index is -0.296. The third kappa shape index (κ3) is 3.86. The Morgan fingerprint density at radius 3 is 2.68 bits per heavy atom. The zero-order valence-corrected chi connectivity index (χ0v) is 11.6. The molecule has 1 aromatic carbocycles. The van der Waals surface area contributed by atoms with Crippen LogP contribution in [0.25, 0.3) is 0 Å². The molecular formula is C14H15FN2OS. The van der Waals surface area contributed by atoms with Gasteiger partial charge in [0.15, 0.2) is 0 Å². The summed E-state index contributed by atoms with van der Waals surface area (Å²) in [6.07, 6.45) is 0.244. The third-order valence-corrected chi connectivity index (χ3v) is 3.53. The molecule has 2 rings (SSSR count). The first-order valence-electron chi connectivity index (χ1n) is 6.00. The summed E-state index contributed by atoms with van der Waals surface area (Å²) in [5.41, 5.74) is 1.66. The van der Waals surface area contributed by atoms with E-state index >= 15 is 0 Å². The van der Waals surface area contributed by atoms with Crippen LogP contribution < -0.4 is 5.32 Å². The van der Waals surface area contributed by atoms with E-state index in [1.807, 2.05) is 19.2 Å². The molecule has 0 saturated heterocycles. The molecule has 100 valence electrons. The van der Waals surface area contributed by atoms with Crippen molar-refractivity contribution in [1.82, 2.24) is 10.3 Å². The lowest BCUT2D eigenvalue weighted by molar-refractivity contribution is -0.121. The highest BCUT2D eigenvalue weighted by molar-refractivity contribution is 7.09. The molecule has 5 heteroatoms. The summed E-state index contributed by atoms with van der Waals surface area (Å²) in [4.78, 5) is 16.2. The maximum Gasteiger partial charge on any atom is 0.224 e. The number of benzene rings is 1. The molecule has 1 atom stereocenters. The molecule has 1 unspecified atom stereocenters. The number of carbonyl (C=O) groups excluding carboxylic acids is 1. The summed E-state index contributed by atoms with van der Waals surface area (Å²) in [6, 6.07) is 5.84. The number of rotatable bonds is 4. The molecule has 1 heterocycles. The molecule has 0 spiro atoms. The molecule has 0 saturated carbocycles. The van der Waals surface area contributed by atoms with E-state index in [-0.39, 0.29) is 24.2 Å². The fourth-order valence-corrected chi connectivity index (χ4v) is 2.44. The van der Waals surface area contributed by atoms with Gasteiger partial charge in [-0.3, -0.25) is 4.79 Å². The van der Waals surface area contributed by atoms with Gasteiger partial charge in [-0.2, -0.15) is 0 Å². The number of amides is 1. The number of halogens is 1. The zero-order chi connectivity index (χ0) is 13.8. The van der Waals surface area contributed by atoms with E-state index in [0.29, 0.717) is 0 Å². The van der Waals surface area contributed by atoms with E-state index < -0.39 is 0 Å². The largest absolute Gasteiger partial charge is 0.348 e. The SMILES string of the molecule is Cc1nc(C(C)NC(=O)Cc2ccc(F)cc2)cs1. The van der Waals surface area contributed by atoms with Crippen molar-refractivity contribution in [2.24, 2.45) is 0 Å². The van der Waals surface area contributed by atoms with E-state index in [2.05, 4.69) is 10.3 Å². The van der Waals surface area contributed by atoms with Crippen LogP contribution in [0, 0.1) is 12.7 Å². The first kappa shape index (κ1) is 13.7. The van der Waals surface area contributed by atoms with Gasteiger partial charge in [-0.15, -0.1) is 11.3 Å². The summed E-state index contributed by atoms with van der Waals surface area (Å²) in [6.45, 7) is 3.83. The second-order valence-corrected chi connectivity index (χ2v) is 5.45. The smallest absolute Gasteiger partial charge is 0.224 e. The molecule has 0 aliphatic carbocycles. The molecule has 0 radical (unpaired) electrons. The fraction of sp³-hybridized carbons (Fsp3) is 0.286. The van der Waals surface area contributed by atoms with Gasteiger partial charge in [0.2, 0.25) is 5.91 Å². The number of nitrogens with zero attached hydrogens (tertiary/aromatic N) is 1. The maximum atomic E-state index is 12.8. The van der Waals surface area contributed by atoms with Gasteiger partial charge in [0.05, 0.1) is 23.2 Å². The second kappa shape index (κ2) is 5.93. The van der Waals surface area contributed by atoms with Crippen molar-refractivity contribution < 1.29 is 9.18 Å². The topological polar surface area (TPSA) is 42.0 Å². The lowest BCUT2D eigenvalue weighted by Crippen LogP contribution is -2.28. The molecular weight excluding hydrogens is 263 g/mol. The quantitative estimate of drug-likeness (QED) is 0.934. The second-order valence-electron chi connectivity index (χ2n) is 4.38. The van der Waals surface area contributed by atoms with Crippen LogP contribution in [0.15, 0.2) is 29.6 Å². The van der Waals surface area contributed by atoms with Gasteiger partial charge in [0.1, 0.15) is 5.82 Å². The van der Waals surface area contributed by atoms with E-state index in [1.165, 1.54) is 12.1 Å². The molecule has 3 nitrogen and oxygen atoms in total. The Morgan fingerprint density at radius 1 is 1.42 bits per heavy atom. The van der Waals surface area contributed by atoms with Gasteiger partial charge in [-0.25, -0.2) is 9.37 Å². The first-order chi connectivity index (χ1) is 9.04. The van der Waals surface area contributed by atoms with Gasteiger partial charge in [0.25, 0.3) is 0 Å². The monoisotopic (exact) mass is 278 g/mol. The Hall–Kier alpha value is -1.75. The minimum Gasteiger partial charge on any atom is -0.348 e. The van der Waals surface area contributed by atoms with E-state index in [0.717, 1.165) is 16.3 Å². The number of nitrogens with one attached hydrogen (secondary N) is 1. The van der Waals surface area contributed by atoms with Crippen LogP contribution in [0.1, 0.15) is 29.2 Å². The molecule has 1 amide bonds. The molecule has 19 heavy (non-hydrogen) atoms. The Kier molecular flexibility index (Phi) is 4.27. The Balaban J connectivity index is 1.92. The third-order valence-electron chi connectivity index (χ3n) is 2.74. The number of aryl methyl sites for hydroxylation is 1. The number of hydrogen-bond acceptors (Lipinski definition) is 3. The predicted molar refractivity (Wildman–Crippen MR) is 73.5 cm³/mol. The summed E-state index contributed by atoms with van der Waals surface area (Å²) >= 11 is 1.56. The maximum absolute atomic E-state index is 12.8. The Bertz CT molecular complexity index is 565. The number of hydrogen-bond donors (Lipinski definition) is 1. The van der Waals surface area contributed by atoms with Gasteiger partial charge in [-0.1, -0.05) is 12.1 Å². The summed E-state index contributed by atoms with van der Waals surface area (Å²) in [5.74, 6) is -0.389. The summed E-state index contributed by atoms with van der Waals surface area (Å²) in [5, 5.41) is 5.81. The first-order valence-corrected chi connectivity index (χ1v) is 6.88. The minimum absolute atomic E-state index is 0.0928. The Labute approximate surface area is 115 Å². The Morgan fingerprint density at radius 2 is 2.11 bits per heavy atom. The zero-order valence-electron chi connectivity index (χ0n) is 10.8. The van der Waals surface area contributed by atoms with Crippen molar-refractivity contribution in [3.05, 3.63) is 51.7 Å². The number of carbonyl (C=O) groups is 1. The predicted octanol–water partition coefficient (Wildman–Crippen LogP) is 3.01. The van der Waals surface area contributed by atoms with Crippen molar-refractivity contribution in [2.45, 2.75) is 26.3 Å². The average molecular weight is 278 g/mol. The molecule has 1 N–H and O–H groups in total. The highest BCUT2D eigenvalue weighted by Gasteiger charge is 2.12. The molecule has 0 fully saturated rings. The lowest BCUT2D eigenvalue weighted by Gasteiger charge is -2.11. The fourth-order valence-electron chi connectivity index (χ4n) is 1.73. The van der Waals surface area contributed by atoms with Gasteiger partial charge < -0.3 is 5.32 Å². The van der Waals surface area contributed by atoms with Crippen LogP contribution in [0.5, 0.6) is 0 Å². The highest BCUT2D eigenvalue weighted by Crippen LogP contribution is 2.15. The van der Waals surface area contributed by atoms with Crippen LogP contribution in [0.4, 0.5) is 4.39 Å². The van der Waals surface area contributed by atoms with Crippen molar-refractivity contribution in [3.8, 4) is 0 Å². The normalized spacial score (nSPS) is 12.2. The van der Waals surface area contributed by atoms with Crippen LogP contribution in [-0.4, -0.2) is 10.9 Å². The van der Waals surface area contributed by atoms with Crippen LogP contribution in [-0.2, 0) is 11.2 Å². The highest BCUT2D eigenvalue weighted by atomic mass is 32.1. The van der Waals surface area contributed by atoms with E-state index in [9.17, 15) is 9.18 Å². The number of thiazole rings is 1. The van der Waals surface area contributed by atoms with Crippen LogP contribution in [0.2, 0.25) is 0 Å². The van der Waals surface area contributed by atoms with Crippen molar-refractivity contribution in [1.29, 1.82) is 0 Å². The van der Waals surface area contributed by atoms with Gasteiger partial charge in [-0.05, 0) is 31.5 Å². The van der Waals surface area contributed by atoms with Crippen LogP contribution in [0.3, 0.4) is 0 Å². The molecule has 0 bridgehead atoms. The molecule has 2 aromatic rings. The summed E-state index contributed by atoms with van der Waals surface area (Å²) < 4.78 is 12.8. The molecule has 0 aliphatic heterocycles. The van der Waals surface area contributed by atoms with Crippen molar-refractivity contribution >= 4 is 17.2 Å². The van der Waals surface area contributed by atoms with E-state index in [1.54, 1.807) is 23.5 Å². The number of aromatic nitrogens is 1. The van der Waals surface area contributed by atoms with Crippen LogP contribution >= 0.6 is 11.3 Å². The molecule has 0 aliphatic rings. The summed E-state index contributed by atoms with van der Waals surface area (Å²) in [7, 11) is 0. The van der Waals surface area contributed by atoms with Crippen molar-refractivity contribution in [3.63, 3.8) is 0 Å². The van der Waals surface area contributed by atoms with E-state index in [4.69, 9.17) is 0 Å². The average Bonchev–Trinajstić information content (AvgIpc) is 2.79. The van der Waals surface area contributed by atoms with Gasteiger partial charge in [0, 0.05) is 5.38 Å². The standard InChI is InChI=1S/C14H15FN2OS/c1-9(13-8-19-10(2)17-13)16-14(18)7-11-3-5-12(15)6-4-11/h3-6,8-9H,7H2,1-2H3,(H,16,18). The van der Waals surface area contributed by atoms with Crippen molar-refractivity contribution in [2.75, 3.05) is 0 Å².